The summed E-state index contributed by atoms with van der Waals surface area (Å²) in [6, 6.07) is 6.15. The molecule has 2 aromatic rings. The van der Waals surface area contributed by atoms with E-state index in [0.29, 0.717) is 43.2 Å². The van der Waals surface area contributed by atoms with Crippen LogP contribution < -0.4 is 5.32 Å². The van der Waals surface area contributed by atoms with Crippen molar-refractivity contribution in [3.63, 3.8) is 0 Å². The second kappa shape index (κ2) is 13.9. The largest absolute Gasteiger partial charge is 0.416 e. The van der Waals surface area contributed by atoms with Crippen LogP contribution in [0.2, 0.25) is 0 Å². The maximum atomic E-state index is 13.9. The van der Waals surface area contributed by atoms with E-state index in [0.717, 1.165) is 31.5 Å². The molecule has 41 heavy (non-hydrogen) atoms. The van der Waals surface area contributed by atoms with Crippen molar-refractivity contribution in [3.05, 3.63) is 70.0 Å². The van der Waals surface area contributed by atoms with Gasteiger partial charge in [-0.2, -0.15) is 26.3 Å². The molecule has 4 rings (SSSR count). The van der Waals surface area contributed by atoms with Crippen molar-refractivity contribution in [2.75, 3.05) is 33.2 Å². The van der Waals surface area contributed by atoms with Gasteiger partial charge in [-0.05, 0) is 92.8 Å². The first-order chi connectivity index (χ1) is 18.2. The molecular formula is C28H34Cl2F7N3O. The highest BCUT2D eigenvalue weighted by Crippen LogP contribution is 2.39. The molecule has 2 fully saturated rings. The topological polar surface area (TPSA) is 35.6 Å². The molecule has 0 aromatic heterocycles. The highest BCUT2D eigenvalue weighted by molar-refractivity contribution is 5.85. The molecule has 0 radical (unpaired) electrons. The summed E-state index contributed by atoms with van der Waals surface area (Å²) >= 11 is 0. The Kier molecular flexibility index (Phi) is 11.9. The number of alkyl halides is 6. The van der Waals surface area contributed by atoms with E-state index in [4.69, 9.17) is 0 Å². The molecule has 0 saturated carbocycles. The van der Waals surface area contributed by atoms with Gasteiger partial charge in [0.1, 0.15) is 5.82 Å². The number of aryl methyl sites for hydroxylation is 1. The summed E-state index contributed by atoms with van der Waals surface area (Å²) in [4.78, 5) is 17.2. The normalized spacial score (nSPS) is 20.6. The van der Waals surface area contributed by atoms with Gasteiger partial charge in [-0.15, -0.1) is 24.8 Å². The average Bonchev–Trinajstić information content (AvgIpc) is 2.87. The first-order valence-corrected chi connectivity index (χ1v) is 13.0. The Morgan fingerprint density at radius 2 is 1.54 bits per heavy atom. The molecule has 1 N–H and O–H groups in total. The van der Waals surface area contributed by atoms with Crippen LogP contribution in [0.15, 0.2) is 36.4 Å². The van der Waals surface area contributed by atoms with Crippen molar-refractivity contribution >= 4 is 30.7 Å². The van der Waals surface area contributed by atoms with Crippen LogP contribution in [-0.2, 0) is 23.7 Å². The Morgan fingerprint density at radius 1 is 0.951 bits per heavy atom. The molecule has 2 aromatic carbocycles. The van der Waals surface area contributed by atoms with Crippen LogP contribution in [0.5, 0.6) is 0 Å². The summed E-state index contributed by atoms with van der Waals surface area (Å²) in [5.41, 5.74) is -1.57. The van der Waals surface area contributed by atoms with Crippen LogP contribution >= 0.6 is 24.8 Å². The number of benzene rings is 2. The summed E-state index contributed by atoms with van der Waals surface area (Å²) < 4.78 is 93.9. The van der Waals surface area contributed by atoms with Gasteiger partial charge in [-0.25, -0.2) is 4.39 Å². The van der Waals surface area contributed by atoms with E-state index in [1.165, 1.54) is 24.1 Å². The second-order valence-electron chi connectivity index (χ2n) is 10.6. The smallest absolute Gasteiger partial charge is 0.341 e. The molecule has 230 valence electrons. The lowest BCUT2D eigenvalue weighted by atomic mass is 9.77. The number of likely N-dealkylation sites (tertiary alicyclic amines) is 1. The van der Waals surface area contributed by atoms with Gasteiger partial charge in [0.25, 0.3) is 0 Å². The summed E-state index contributed by atoms with van der Waals surface area (Å²) in [6.07, 6.45) is -7.53. The highest BCUT2D eigenvalue weighted by Gasteiger charge is 2.40. The second-order valence-corrected chi connectivity index (χ2v) is 10.6. The third kappa shape index (κ3) is 8.49. The van der Waals surface area contributed by atoms with Crippen LogP contribution in [0, 0.1) is 18.7 Å². The number of nitrogens with one attached hydrogen (secondary N) is 1. The third-order valence-corrected chi connectivity index (χ3v) is 7.86. The molecule has 2 aliphatic rings. The molecule has 0 spiro atoms. The van der Waals surface area contributed by atoms with E-state index in [9.17, 15) is 35.5 Å². The SMILES string of the molecule is Cc1cc(F)ccc1[C@@H]1CN(C2CCNCC2)CC[C@H]1C(=O)N(C)Cc1cc(C(F)(F)F)cc(C(F)(F)F)c1.Cl.Cl. The predicted molar refractivity (Wildman–Crippen MR) is 147 cm³/mol. The van der Waals surface area contributed by atoms with Gasteiger partial charge in [0.2, 0.25) is 5.91 Å². The standard InChI is InChI=1S/C28H32F7N3O.2ClH/c1-17-11-21(29)3-4-23(17)25-16-38(22-5-8-36-9-6-22)10-7-24(25)26(39)37(2)15-18-12-19(27(30,31)32)14-20(13-18)28(33,34)35;;/h3-4,11-14,22,24-25,36H,5-10,15-16H2,1-2H3;2*1H/t24-,25+;;/m1../s1. The molecule has 2 aliphatic heterocycles. The quantitative estimate of drug-likeness (QED) is 0.368. The fourth-order valence-electron chi connectivity index (χ4n) is 5.89. The van der Waals surface area contributed by atoms with Gasteiger partial charge in [-0.1, -0.05) is 6.07 Å². The summed E-state index contributed by atoms with van der Waals surface area (Å²) in [5.74, 6) is -1.60. The number of carbonyl (C=O) groups excluding carboxylic acids is 1. The van der Waals surface area contributed by atoms with Crippen LogP contribution in [0.4, 0.5) is 30.7 Å². The maximum absolute atomic E-state index is 13.9. The van der Waals surface area contributed by atoms with Crippen LogP contribution in [0.3, 0.4) is 0 Å². The van der Waals surface area contributed by atoms with Crippen LogP contribution in [-0.4, -0.2) is 55.0 Å². The lowest BCUT2D eigenvalue weighted by molar-refractivity contribution is -0.143. The highest BCUT2D eigenvalue weighted by atomic mass is 35.5. The molecule has 0 bridgehead atoms. The summed E-state index contributed by atoms with van der Waals surface area (Å²) in [6.45, 7) is 4.35. The van der Waals surface area contributed by atoms with Crippen molar-refractivity contribution in [2.45, 2.75) is 57.0 Å². The molecular weight excluding hydrogens is 598 g/mol. The number of nitrogens with zero attached hydrogens (tertiary/aromatic N) is 2. The van der Waals surface area contributed by atoms with Gasteiger partial charge < -0.3 is 10.2 Å². The van der Waals surface area contributed by atoms with Crippen LogP contribution in [0.25, 0.3) is 0 Å². The first-order valence-electron chi connectivity index (χ1n) is 13.0. The number of hydrogen-bond donors (Lipinski definition) is 1. The molecule has 2 atom stereocenters. The lowest BCUT2D eigenvalue weighted by Crippen LogP contribution is -2.51. The number of carbonyl (C=O) groups is 1. The maximum Gasteiger partial charge on any atom is 0.416 e. The van der Waals surface area contributed by atoms with Crippen molar-refractivity contribution in [1.29, 1.82) is 0 Å². The minimum Gasteiger partial charge on any atom is -0.341 e. The van der Waals surface area contributed by atoms with E-state index in [1.54, 1.807) is 13.0 Å². The fraction of sp³-hybridized carbons (Fsp3) is 0.536. The fourth-order valence-corrected chi connectivity index (χ4v) is 5.89. The van der Waals surface area contributed by atoms with E-state index >= 15 is 0 Å². The monoisotopic (exact) mass is 631 g/mol. The van der Waals surface area contributed by atoms with Gasteiger partial charge >= 0.3 is 12.4 Å². The first kappa shape index (κ1) is 35.1. The van der Waals surface area contributed by atoms with Crippen molar-refractivity contribution in [1.82, 2.24) is 15.1 Å². The van der Waals surface area contributed by atoms with Crippen molar-refractivity contribution in [2.24, 2.45) is 5.92 Å². The Bertz CT molecular complexity index is 1150. The van der Waals surface area contributed by atoms with Gasteiger partial charge in [0, 0.05) is 38.0 Å². The van der Waals surface area contributed by atoms with Gasteiger partial charge in [0.15, 0.2) is 0 Å². The average molecular weight is 632 g/mol. The minimum absolute atomic E-state index is 0. The number of halogens is 9. The Balaban J connectivity index is 0.00000294. The number of amides is 1. The third-order valence-electron chi connectivity index (χ3n) is 7.86. The number of piperidine rings is 2. The minimum atomic E-state index is -4.97. The zero-order chi connectivity index (χ0) is 28.5. The Morgan fingerprint density at radius 3 is 2.07 bits per heavy atom. The molecule has 2 saturated heterocycles. The molecule has 4 nitrogen and oxygen atoms in total. The summed E-state index contributed by atoms with van der Waals surface area (Å²) in [7, 11) is 1.39. The van der Waals surface area contributed by atoms with E-state index < -0.39 is 41.8 Å². The Hall–Kier alpha value is -2.08. The zero-order valence-corrected chi connectivity index (χ0v) is 24.3. The summed E-state index contributed by atoms with van der Waals surface area (Å²) in [5, 5.41) is 3.33. The predicted octanol–water partition coefficient (Wildman–Crippen LogP) is 6.83. The van der Waals surface area contributed by atoms with E-state index in [2.05, 4.69) is 10.2 Å². The molecule has 1 amide bonds. The number of hydrogen-bond acceptors (Lipinski definition) is 3. The van der Waals surface area contributed by atoms with Crippen molar-refractivity contribution < 1.29 is 35.5 Å². The lowest BCUT2D eigenvalue weighted by Gasteiger charge is -2.44. The molecule has 2 heterocycles. The van der Waals surface area contributed by atoms with E-state index in [-0.39, 0.29) is 48.3 Å². The Labute approximate surface area is 247 Å². The van der Waals surface area contributed by atoms with Gasteiger partial charge in [-0.3, -0.25) is 9.69 Å². The van der Waals surface area contributed by atoms with Crippen LogP contribution in [0.1, 0.15) is 53.0 Å². The van der Waals surface area contributed by atoms with E-state index in [1.807, 2.05) is 0 Å². The molecule has 0 aliphatic carbocycles. The molecule has 13 heteroatoms. The number of rotatable bonds is 5. The van der Waals surface area contributed by atoms with Crippen molar-refractivity contribution in [3.8, 4) is 0 Å². The molecule has 0 unspecified atom stereocenters. The zero-order valence-electron chi connectivity index (χ0n) is 22.6. The van der Waals surface area contributed by atoms with Gasteiger partial charge in [0.05, 0.1) is 11.1 Å².